The smallest absolute Gasteiger partial charge is 0.0428 e. The highest BCUT2D eigenvalue weighted by molar-refractivity contribution is 5.60. The van der Waals surface area contributed by atoms with E-state index in [0.29, 0.717) is 5.41 Å². The van der Waals surface area contributed by atoms with Gasteiger partial charge in [-0.25, -0.2) is 0 Å². The van der Waals surface area contributed by atoms with Crippen molar-refractivity contribution < 1.29 is 0 Å². The maximum absolute atomic E-state index is 3.43. The molecule has 1 aromatic carbocycles. The van der Waals surface area contributed by atoms with Crippen LogP contribution in [0.2, 0.25) is 0 Å². The summed E-state index contributed by atoms with van der Waals surface area (Å²) in [4.78, 5) is 2.62. The summed E-state index contributed by atoms with van der Waals surface area (Å²) in [6.07, 6.45) is 2.50. The zero-order chi connectivity index (χ0) is 11.9. The van der Waals surface area contributed by atoms with Gasteiger partial charge in [-0.05, 0) is 30.9 Å². The van der Waals surface area contributed by atoms with Crippen molar-refractivity contribution in [1.82, 2.24) is 5.32 Å². The van der Waals surface area contributed by atoms with Gasteiger partial charge in [0.15, 0.2) is 0 Å². The molecule has 2 heterocycles. The Balaban J connectivity index is 1.89. The van der Waals surface area contributed by atoms with Gasteiger partial charge in [0.1, 0.15) is 0 Å². The van der Waals surface area contributed by atoms with Gasteiger partial charge < -0.3 is 10.2 Å². The average molecular weight is 230 g/mol. The molecule has 0 amide bonds. The molecule has 2 saturated heterocycles. The quantitative estimate of drug-likeness (QED) is 0.839. The Morgan fingerprint density at radius 1 is 1.35 bits per heavy atom. The number of nitrogens with zero attached hydrogens (tertiary/aromatic N) is 1. The Kier molecular flexibility index (Phi) is 2.62. The Bertz CT molecular complexity index is 421. The fourth-order valence-electron chi connectivity index (χ4n) is 3.35. The van der Waals surface area contributed by atoms with E-state index in [4.69, 9.17) is 0 Å². The fraction of sp³-hybridized carbons (Fsp3) is 0.600. The summed E-state index contributed by atoms with van der Waals surface area (Å²) in [5.41, 5.74) is 5.05. The molecule has 2 aliphatic heterocycles. The van der Waals surface area contributed by atoms with Gasteiger partial charge >= 0.3 is 0 Å². The second kappa shape index (κ2) is 4.02. The van der Waals surface area contributed by atoms with Gasteiger partial charge in [0.2, 0.25) is 0 Å². The number of anilines is 1. The number of rotatable bonds is 2. The van der Waals surface area contributed by atoms with Crippen molar-refractivity contribution >= 4 is 5.69 Å². The lowest BCUT2D eigenvalue weighted by molar-refractivity contribution is 0.200. The Hall–Kier alpha value is -1.02. The van der Waals surface area contributed by atoms with Crippen LogP contribution < -0.4 is 10.2 Å². The molecule has 0 unspecified atom stereocenters. The highest BCUT2D eigenvalue weighted by atomic mass is 15.2. The van der Waals surface area contributed by atoms with Crippen LogP contribution in [-0.4, -0.2) is 26.2 Å². The normalized spacial score (nSPS) is 21.9. The number of hydrogen-bond donors (Lipinski definition) is 1. The molecule has 0 aromatic heterocycles. The molecule has 1 N–H and O–H groups in total. The minimum atomic E-state index is 0.591. The predicted molar refractivity (Wildman–Crippen MR) is 72.7 cm³/mol. The third-order valence-corrected chi connectivity index (χ3v) is 4.46. The summed E-state index contributed by atoms with van der Waals surface area (Å²) >= 11 is 0. The minimum absolute atomic E-state index is 0.591. The van der Waals surface area contributed by atoms with Crippen molar-refractivity contribution in [3.63, 3.8) is 0 Å². The van der Waals surface area contributed by atoms with Gasteiger partial charge in [-0.1, -0.05) is 25.1 Å². The molecule has 0 bridgehead atoms. The van der Waals surface area contributed by atoms with E-state index in [2.05, 4.69) is 42.3 Å². The van der Waals surface area contributed by atoms with Gasteiger partial charge in [0.05, 0.1) is 0 Å². The van der Waals surface area contributed by atoms with Crippen molar-refractivity contribution in [3.8, 4) is 0 Å². The third kappa shape index (κ3) is 1.75. The summed E-state index contributed by atoms with van der Waals surface area (Å²) < 4.78 is 0. The summed E-state index contributed by atoms with van der Waals surface area (Å²) in [7, 11) is 0. The van der Waals surface area contributed by atoms with Crippen molar-refractivity contribution in [2.45, 2.75) is 26.7 Å². The van der Waals surface area contributed by atoms with Crippen molar-refractivity contribution in [3.05, 3.63) is 29.3 Å². The summed E-state index contributed by atoms with van der Waals surface area (Å²) in [6, 6.07) is 6.72. The van der Waals surface area contributed by atoms with Crippen LogP contribution in [-0.2, 0) is 6.42 Å². The lowest BCUT2D eigenvalue weighted by atomic mass is 9.81. The van der Waals surface area contributed by atoms with Gasteiger partial charge in [0, 0.05) is 37.3 Å². The minimum Gasteiger partial charge on any atom is -0.370 e. The zero-order valence-corrected chi connectivity index (χ0v) is 10.9. The molecule has 1 aromatic rings. The van der Waals surface area contributed by atoms with Crippen molar-refractivity contribution in [2.24, 2.45) is 5.41 Å². The third-order valence-electron chi connectivity index (χ3n) is 4.46. The average Bonchev–Trinajstić information content (AvgIpc) is 2.73. The van der Waals surface area contributed by atoms with E-state index in [0.717, 1.165) is 6.42 Å². The van der Waals surface area contributed by atoms with Crippen LogP contribution in [0.25, 0.3) is 0 Å². The second-order valence-electron chi connectivity index (χ2n) is 5.71. The van der Waals surface area contributed by atoms with Crippen LogP contribution in [0.5, 0.6) is 0 Å². The van der Waals surface area contributed by atoms with Crippen LogP contribution in [0, 0.1) is 12.3 Å². The first-order valence-corrected chi connectivity index (χ1v) is 6.78. The van der Waals surface area contributed by atoms with E-state index >= 15 is 0 Å². The van der Waals surface area contributed by atoms with Crippen LogP contribution >= 0.6 is 0 Å². The molecule has 1 spiro atoms. The molecule has 0 aliphatic carbocycles. The lowest BCUT2D eigenvalue weighted by Gasteiger charge is -2.39. The molecule has 0 atom stereocenters. The largest absolute Gasteiger partial charge is 0.370 e. The van der Waals surface area contributed by atoms with Crippen LogP contribution in [0.3, 0.4) is 0 Å². The molecule has 2 heteroatoms. The number of para-hydroxylation sites is 1. The van der Waals surface area contributed by atoms with Gasteiger partial charge in [-0.2, -0.15) is 0 Å². The Morgan fingerprint density at radius 3 is 2.76 bits per heavy atom. The van der Waals surface area contributed by atoms with E-state index < -0.39 is 0 Å². The summed E-state index contributed by atoms with van der Waals surface area (Å²) in [5.74, 6) is 0. The predicted octanol–water partition coefficient (Wildman–Crippen LogP) is 2.36. The number of nitrogens with one attached hydrogen (secondary N) is 1. The van der Waals surface area contributed by atoms with Crippen molar-refractivity contribution in [1.29, 1.82) is 0 Å². The van der Waals surface area contributed by atoms with E-state index in [1.54, 1.807) is 0 Å². The second-order valence-corrected chi connectivity index (χ2v) is 5.71. The van der Waals surface area contributed by atoms with Gasteiger partial charge in [-0.3, -0.25) is 0 Å². The summed E-state index contributed by atoms with van der Waals surface area (Å²) in [6.45, 7) is 9.43. The maximum atomic E-state index is 3.43. The molecule has 2 aliphatic rings. The molecule has 0 radical (unpaired) electrons. The monoisotopic (exact) mass is 230 g/mol. The van der Waals surface area contributed by atoms with E-state index in [1.165, 1.54) is 49.4 Å². The van der Waals surface area contributed by atoms with Gasteiger partial charge in [-0.15, -0.1) is 0 Å². The lowest BCUT2D eigenvalue weighted by Crippen LogP contribution is -2.54. The molecular formula is C15H22N2. The molecule has 2 nitrogen and oxygen atoms in total. The first-order chi connectivity index (χ1) is 8.24. The Morgan fingerprint density at radius 2 is 2.18 bits per heavy atom. The first kappa shape index (κ1) is 11.1. The summed E-state index contributed by atoms with van der Waals surface area (Å²) in [5, 5.41) is 3.43. The number of benzene rings is 1. The van der Waals surface area contributed by atoms with Crippen LogP contribution in [0.4, 0.5) is 5.69 Å². The standard InChI is InChI=1S/C15H22N2/c1-3-13-6-4-5-12(2)14(13)17-8-7-15(11-17)9-16-10-15/h4-6,16H,3,7-11H2,1-2H3. The molecule has 0 saturated carbocycles. The highest BCUT2D eigenvalue weighted by Gasteiger charge is 2.43. The molecule has 2 fully saturated rings. The molecule has 17 heavy (non-hydrogen) atoms. The molecule has 3 rings (SSSR count). The highest BCUT2D eigenvalue weighted by Crippen LogP contribution is 2.38. The SMILES string of the molecule is CCc1cccc(C)c1N1CCC2(CNC2)C1. The number of aryl methyl sites for hydroxylation is 2. The van der Waals surface area contributed by atoms with E-state index in [1.807, 2.05) is 0 Å². The molecule has 92 valence electrons. The van der Waals surface area contributed by atoms with E-state index in [-0.39, 0.29) is 0 Å². The topological polar surface area (TPSA) is 15.3 Å². The van der Waals surface area contributed by atoms with Crippen LogP contribution in [0.15, 0.2) is 18.2 Å². The Labute approximate surface area is 104 Å². The van der Waals surface area contributed by atoms with Crippen molar-refractivity contribution in [2.75, 3.05) is 31.1 Å². The zero-order valence-electron chi connectivity index (χ0n) is 10.9. The maximum Gasteiger partial charge on any atom is 0.0428 e. The van der Waals surface area contributed by atoms with Gasteiger partial charge in [0.25, 0.3) is 0 Å². The number of hydrogen-bond acceptors (Lipinski definition) is 2. The fourth-order valence-corrected chi connectivity index (χ4v) is 3.35. The molecular weight excluding hydrogens is 208 g/mol. The first-order valence-electron chi connectivity index (χ1n) is 6.78. The van der Waals surface area contributed by atoms with E-state index in [9.17, 15) is 0 Å². The van der Waals surface area contributed by atoms with Crippen LogP contribution in [0.1, 0.15) is 24.5 Å².